The van der Waals surface area contributed by atoms with Crippen LogP contribution in [0.1, 0.15) is 15.9 Å². The van der Waals surface area contributed by atoms with Gasteiger partial charge >= 0.3 is 6.61 Å². The number of rotatable bonds is 4. The Balaban J connectivity index is 2.15. The van der Waals surface area contributed by atoms with Crippen LogP contribution in [0.25, 0.3) is 0 Å². The maximum absolute atomic E-state index is 12.2. The Kier molecular flexibility index (Phi) is 4.92. The molecule has 7 heteroatoms. The molecule has 1 amide bonds. The predicted molar refractivity (Wildman–Crippen MR) is 77.2 cm³/mol. The number of ether oxygens (including phenoxy) is 1. The molecule has 1 N–H and O–H groups in total. The van der Waals surface area contributed by atoms with Gasteiger partial charge in [-0.15, -0.1) is 0 Å². The number of nitrogens with one attached hydrogen (secondary N) is 1. The zero-order valence-electron chi connectivity index (χ0n) is 11.0. The lowest BCUT2D eigenvalue weighted by molar-refractivity contribution is -0.0498. The number of anilines is 1. The van der Waals surface area contributed by atoms with Crippen LogP contribution in [-0.4, -0.2) is 12.5 Å². The number of carbonyl (C=O) groups excluding carboxylic acids is 1. The summed E-state index contributed by atoms with van der Waals surface area (Å²) in [6.07, 6.45) is 0. The molecule has 0 saturated carbocycles. The fourth-order valence-electron chi connectivity index (χ4n) is 1.70. The summed E-state index contributed by atoms with van der Waals surface area (Å²) < 4.78 is 28.5. The average molecular weight is 323 g/mol. The lowest BCUT2D eigenvalue weighted by Gasteiger charge is -2.08. The van der Waals surface area contributed by atoms with Gasteiger partial charge in [-0.2, -0.15) is 14.0 Å². The van der Waals surface area contributed by atoms with Crippen LogP contribution in [0.2, 0.25) is 5.02 Å². The number of halogens is 3. The highest BCUT2D eigenvalue weighted by molar-refractivity contribution is 6.32. The maximum Gasteiger partial charge on any atom is 0.387 e. The Morgan fingerprint density at radius 2 is 2.05 bits per heavy atom. The molecule has 22 heavy (non-hydrogen) atoms. The van der Waals surface area contributed by atoms with Crippen molar-refractivity contribution in [3.63, 3.8) is 0 Å². The van der Waals surface area contributed by atoms with E-state index in [0.29, 0.717) is 5.69 Å². The second-order valence-corrected chi connectivity index (χ2v) is 4.57. The van der Waals surface area contributed by atoms with Gasteiger partial charge in [0, 0.05) is 11.3 Å². The summed E-state index contributed by atoms with van der Waals surface area (Å²) in [6.45, 7) is -2.96. The third-order valence-corrected chi connectivity index (χ3v) is 2.98. The summed E-state index contributed by atoms with van der Waals surface area (Å²) in [5, 5.41) is 11.5. The fraction of sp³-hybridized carbons (Fsp3) is 0.0667. The third-order valence-electron chi connectivity index (χ3n) is 2.67. The molecule has 0 aromatic heterocycles. The number of hydrogen-bond acceptors (Lipinski definition) is 3. The standard InChI is InChI=1S/C15H9ClF2N2O2/c16-13-7-11(5-4-10(13)8-19)20-14(21)9-2-1-3-12(6-9)22-15(17)18/h1-7,15H,(H,20,21). The molecule has 0 aliphatic carbocycles. The molecule has 2 aromatic carbocycles. The van der Waals surface area contributed by atoms with E-state index in [2.05, 4.69) is 10.1 Å². The van der Waals surface area contributed by atoms with Gasteiger partial charge in [-0.25, -0.2) is 0 Å². The molecule has 0 fully saturated rings. The predicted octanol–water partition coefficient (Wildman–Crippen LogP) is 4.07. The van der Waals surface area contributed by atoms with E-state index in [4.69, 9.17) is 16.9 Å². The summed E-state index contributed by atoms with van der Waals surface area (Å²) in [7, 11) is 0. The number of alkyl halides is 2. The van der Waals surface area contributed by atoms with Gasteiger partial charge in [0.25, 0.3) is 5.91 Å². The van der Waals surface area contributed by atoms with Crippen LogP contribution in [0.15, 0.2) is 42.5 Å². The third kappa shape index (κ3) is 3.93. The average Bonchev–Trinajstić information content (AvgIpc) is 2.47. The lowest BCUT2D eigenvalue weighted by atomic mass is 10.2. The lowest BCUT2D eigenvalue weighted by Crippen LogP contribution is -2.12. The van der Waals surface area contributed by atoms with Crippen LogP contribution < -0.4 is 10.1 Å². The molecule has 2 aromatic rings. The molecule has 0 atom stereocenters. The molecule has 0 spiro atoms. The molecule has 0 unspecified atom stereocenters. The van der Waals surface area contributed by atoms with Crippen molar-refractivity contribution in [2.45, 2.75) is 6.61 Å². The summed E-state index contributed by atoms with van der Waals surface area (Å²) in [5.74, 6) is -0.624. The molecule has 2 rings (SSSR count). The second kappa shape index (κ2) is 6.87. The second-order valence-electron chi connectivity index (χ2n) is 4.17. The van der Waals surface area contributed by atoms with Crippen LogP contribution in [0.3, 0.4) is 0 Å². The highest BCUT2D eigenvalue weighted by Crippen LogP contribution is 2.21. The first-order valence-electron chi connectivity index (χ1n) is 6.05. The molecule has 0 radical (unpaired) electrons. The van der Waals surface area contributed by atoms with Gasteiger partial charge in [-0.05, 0) is 36.4 Å². The Hall–Kier alpha value is -2.65. The van der Waals surface area contributed by atoms with Crippen LogP contribution in [0.5, 0.6) is 5.75 Å². The van der Waals surface area contributed by atoms with E-state index in [9.17, 15) is 13.6 Å². The first kappa shape index (κ1) is 15.7. The minimum Gasteiger partial charge on any atom is -0.435 e. The van der Waals surface area contributed by atoms with Gasteiger partial charge in [0.1, 0.15) is 11.8 Å². The normalized spacial score (nSPS) is 10.1. The Labute approximate surface area is 129 Å². The minimum absolute atomic E-state index is 0.111. The molecular formula is C15H9ClF2N2O2. The zero-order valence-corrected chi connectivity index (χ0v) is 11.8. The highest BCUT2D eigenvalue weighted by Gasteiger charge is 2.10. The van der Waals surface area contributed by atoms with Crippen LogP contribution in [-0.2, 0) is 0 Å². The number of nitrogens with zero attached hydrogens (tertiary/aromatic N) is 1. The molecule has 0 saturated heterocycles. The van der Waals surface area contributed by atoms with Gasteiger partial charge in [-0.3, -0.25) is 4.79 Å². The Morgan fingerprint density at radius 3 is 2.68 bits per heavy atom. The number of benzene rings is 2. The molecular weight excluding hydrogens is 314 g/mol. The first-order valence-corrected chi connectivity index (χ1v) is 6.43. The van der Waals surface area contributed by atoms with Crippen LogP contribution >= 0.6 is 11.6 Å². The van der Waals surface area contributed by atoms with Crippen LogP contribution in [0.4, 0.5) is 14.5 Å². The van der Waals surface area contributed by atoms with Crippen molar-refractivity contribution in [1.82, 2.24) is 0 Å². The summed E-state index contributed by atoms with van der Waals surface area (Å²) >= 11 is 5.86. The summed E-state index contributed by atoms with van der Waals surface area (Å²) in [6, 6.07) is 11.7. The van der Waals surface area contributed by atoms with Gasteiger partial charge in [0.05, 0.1) is 10.6 Å². The molecule has 0 heterocycles. The molecule has 4 nitrogen and oxygen atoms in total. The highest BCUT2D eigenvalue weighted by atomic mass is 35.5. The van der Waals surface area contributed by atoms with Crippen molar-refractivity contribution in [2.24, 2.45) is 0 Å². The van der Waals surface area contributed by atoms with Crippen molar-refractivity contribution in [1.29, 1.82) is 5.26 Å². The van der Waals surface area contributed by atoms with E-state index in [-0.39, 0.29) is 21.9 Å². The number of amides is 1. The zero-order chi connectivity index (χ0) is 16.1. The molecule has 0 aliphatic heterocycles. The van der Waals surface area contributed by atoms with E-state index in [1.54, 1.807) is 0 Å². The van der Waals surface area contributed by atoms with E-state index >= 15 is 0 Å². The van der Waals surface area contributed by atoms with Crippen molar-refractivity contribution in [2.75, 3.05) is 5.32 Å². The van der Waals surface area contributed by atoms with E-state index in [0.717, 1.165) is 0 Å². The quantitative estimate of drug-likeness (QED) is 0.923. The Bertz CT molecular complexity index is 745. The number of nitriles is 1. The number of carbonyl (C=O) groups is 1. The van der Waals surface area contributed by atoms with E-state index in [1.807, 2.05) is 6.07 Å². The summed E-state index contributed by atoms with van der Waals surface area (Å²) in [4.78, 5) is 12.1. The summed E-state index contributed by atoms with van der Waals surface area (Å²) in [5.41, 5.74) is 0.819. The smallest absolute Gasteiger partial charge is 0.387 e. The van der Waals surface area contributed by atoms with Gasteiger partial charge in [0.2, 0.25) is 0 Å². The van der Waals surface area contributed by atoms with Gasteiger partial charge < -0.3 is 10.1 Å². The number of hydrogen-bond donors (Lipinski definition) is 1. The van der Waals surface area contributed by atoms with Crippen molar-refractivity contribution >= 4 is 23.2 Å². The topological polar surface area (TPSA) is 62.1 Å². The van der Waals surface area contributed by atoms with Crippen molar-refractivity contribution in [3.8, 4) is 11.8 Å². The van der Waals surface area contributed by atoms with Gasteiger partial charge in [0.15, 0.2) is 0 Å². The fourth-order valence-corrected chi connectivity index (χ4v) is 1.92. The van der Waals surface area contributed by atoms with Crippen molar-refractivity contribution < 1.29 is 18.3 Å². The maximum atomic E-state index is 12.2. The van der Waals surface area contributed by atoms with Crippen LogP contribution in [0, 0.1) is 11.3 Å². The molecule has 0 aliphatic rings. The monoisotopic (exact) mass is 322 g/mol. The molecule has 112 valence electrons. The van der Waals surface area contributed by atoms with E-state index in [1.165, 1.54) is 42.5 Å². The van der Waals surface area contributed by atoms with Crippen molar-refractivity contribution in [3.05, 3.63) is 58.6 Å². The molecule has 0 bridgehead atoms. The SMILES string of the molecule is N#Cc1ccc(NC(=O)c2cccc(OC(F)F)c2)cc1Cl. The van der Waals surface area contributed by atoms with Gasteiger partial charge in [-0.1, -0.05) is 17.7 Å². The minimum atomic E-state index is -2.96. The van der Waals surface area contributed by atoms with E-state index < -0.39 is 12.5 Å². The largest absolute Gasteiger partial charge is 0.435 e. The first-order chi connectivity index (χ1) is 10.5. The Morgan fingerprint density at radius 1 is 1.27 bits per heavy atom.